The fourth-order valence-electron chi connectivity index (χ4n) is 1.01. The lowest BCUT2D eigenvalue weighted by atomic mass is 9.74. The summed E-state index contributed by atoms with van der Waals surface area (Å²) in [6, 6.07) is -0.335. The summed E-state index contributed by atoms with van der Waals surface area (Å²) in [5.41, 5.74) is -1.88. The number of rotatable bonds is 4. The fourth-order valence-corrected chi connectivity index (χ4v) is 1.01. The molecule has 16 heavy (non-hydrogen) atoms. The van der Waals surface area contributed by atoms with Gasteiger partial charge in [0.1, 0.15) is 0 Å². The minimum Gasteiger partial charge on any atom is -0.481 e. The SMILES string of the molecule is CC(C)NC(=O)NC(C)(C)C(C)(C)C(=O)O. The first-order valence-electron chi connectivity index (χ1n) is 5.33. The van der Waals surface area contributed by atoms with Crippen LogP contribution in [0.2, 0.25) is 0 Å². The van der Waals surface area contributed by atoms with Gasteiger partial charge in [0.15, 0.2) is 0 Å². The molecular formula is C11H22N2O3. The van der Waals surface area contributed by atoms with Crippen LogP contribution in [-0.4, -0.2) is 28.7 Å². The molecule has 0 aromatic carbocycles. The number of amides is 2. The highest BCUT2D eigenvalue weighted by molar-refractivity contribution is 5.79. The molecule has 3 N–H and O–H groups in total. The number of carbonyl (C=O) groups is 2. The van der Waals surface area contributed by atoms with Crippen LogP contribution in [0.25, 0.3) is 0 Å². The van der Waals surface area contributed by atoms with Crippen molar-refractivity contribution in [3.63, 3.8) is 0 Å². The van der Waals surface area contributed by atoms with Gasteiger partial charge in [-0.05, 0) is 41.5 Å². The molecule has 0 unspecified atom stereocenters. The van der Waals surface area contributed by atoms with Crippen LogP contribution < -0.4 is 10.6 Å². The molecule has 0 spiro atoms. The van der Waals surface area contributed by atoms with Gasteiger partial charge in [-0.25, -0.2) is 4.79 Å². The molecule has 0 radical (unpaired) electrons. The Bertz CT molecular complexity index is 283. The Morgan fingerprint density at radius 2 is 1.56 bits per heavy atom. The topological polar surface area (TPSA) is 78.4 Å². The second-order valence-corrected chi connectivity index (χ2v) is 5.31. The number of urea groups is 1. The second kappa shape index (κ2) is 4.72. The Morgan fingerprint density at radius 1 is 1.12 bits per heavy atom. The fraction of sp³-hybridized carbons (Fsp3) is 0.818. The van der Waals surface area contributed by atoms with Gasteiger partial charge in [0.25, 0.3) is 0 Å². The average molecular weight is 230 g/mol. The van der Waals surface area contributed by atoms with E-state index < -0.39 is 16.9 Å². The van der Waals surface area contributed by atoms with Gasteiger partial charge >= 0.3 is 12.0 Å². The minimum absolute atomic E-state index is 0.0174. The lowest BCUT2D eigenvalue weighted by Crippen LogP contribution is -2.59. The Hall–Kier alpha value is -1.26. The summed E-state index contributed by atoms with van der Waals surface area (Å²) in [5.74, 6) is -0.942. The second-order valence-electron chi connectivity index (χ2n) is 5.31. The molecule has 0 aromatic heterocycles. The van der Waals surface area contributed by atoms with Gasteiger partial charge < -0.3 is 15.7 Å². The molecule has 5 nitrogen and oxygen atoms in total. The number of carbonyl (C=O) groups excluding carboxylic acids is 1. The van der Waals surface area contributed by atoms with E-state index in [1.807, 2.05) is 13.8 Å². The van der Waals surface area contributed by atoms with Gasteiger partial charge in [-0.1, -0.05) is 0 Å². The van der Waals surface area contributed by atoms with Crippen molar-refractivity contribution in [3.05, 3.63) is 0 Å². The van der Waals surface area contributed by atoms with Crippen LogP contribution in [0.5, 0.6) is 0 Å². The van der Waals surface area contributed by atoms with Crippen LogP contribution in [0.4, 0.5) is 4.79 Å². The van der Waals surface area contributed by atoms with Gasteiger partial charge in [-0.15, -0.1) is 0 Å². The van der Waals surface area contributed by atoms with Crippen molar-refractivity contribution >= 4 is 12.0 Å². The van der Waals surface area contributed by atoms with Crippen LogP contribution in [-0.2, 0) is 4.79 Å². The molecule has 0 saturated heterocycles. The maximum absolute atomic E-state index is 11.5. The first-order valence-corrected chi connectivity index (χ1v) is 5.33. The lowest BCUT2D eigenvalue weighted by molar-refractivity contribution is -0.150. The molecule has 0 heterocycles. The van der Waals surface area contributed by atoms with Gasteiger partial charge in [0.2, 0.25) is 0 Å². The van der Waals surface area contributed by atoms with Gasteiger partial charge in [-0.2, -0.15) is 0 Å². The summed E-state index contributed by atoms with van der Waals surface area (Å²) in [6.45, 7) is 10.3. The summed E-state index contributed by atoms with van der Waals surface area (Å²) in [5, 5.41) is 14.4. The zero-order valence-electron chi connectivity index (χ0n) is 10.8. The molecule has 0 bridgehead atoms. The van der Waals surface area contributed by atoms with Crippen LogP contribution in [0, 0.1) is 5.41 Å². The highest BCUT2D eigenvalue weighted by Gasteiger charge is 2.44. The maximum atomic E-state index is 11.5. The van der Waals surface area contributed by atoms with Crippen LogP contribution in [0.1, 0.15) is 41.5 Å². The Labute approximate surface area is 96.6 Å². The molecule has 0 saturated carbocycles. The summed E-state index contributed by atoms with van der Waals surface area (Å²) in [7, 11) is 0. The maximum Gasteiger partial charge on any atom is 0.315 e. The largest absolute Gasteiger partial charge is 0.481 e. The monoisotopic (exact) mass is 230 g/mol. The van der Waals surface area contributed by atoms with Crippen LogP contribution >= 0.6 is 0 Å². The van der Waals surface area contributed by atoms with Crippen LogP contribution in [0.15, 0.2) is 0 Å². The Morgan fingerprint density at radius 3 is 1.88 bits per heavy atom. The highest BCUT2D eigenvalue weighted by atomic mass is 16.4. The van der Waals surface area contributed by atoms with E-state index in [4.69, 9.17) is 5.11 Å². The molecule has 0 rings (SSSR count). The van der Waals surface area contributed by atoms with Crippen LogP contribution in [0.3, 0.4) is 0 Å². The summed E-state index contributed by atoms with van der Waals surface area (Å²) < 4.78 is 0. The molecular weight excluding hydrogens is 208 g/mol. The van der Waals surface area contributed by atoms with E-state index in [-0.39, 0.29) is 12.1 Å². The Kier molecular flexibility index (Phi) is 4.35. The van der Waals surface area contributed by atoms with Gasteiger partial charge in [0, 0.05) is 6.04 Å². The van der Waals surface area contributed by atoms with E-state index >= 15 is 0 Å². The third kappa shape index (κ3) is 3.40. The molecule has 0 aliphatic carbocycles. The Balaban J connectivity index is 4.69. The standard InChI is InChI=1S/C11H22N2O3/c1-7(2)12-9(16)13-11(5,6)10(3,4)8(14)15/h7H,1-6H3,(H,14,15)(H2,12,13,16). The highest BCUT2D eigenvalue weighted by Crippen LogP contribution is 2.30. The van der Waals surface area contributed by atoms with E-state index in [1.165, 1.54) is 0 Å². The van der Waals surface area contributed by atoms with Crippen molar-refractivity contribution in [3.8, 4) is 0 Å². The normalized spacial score (nSPS) is 12.4. The quantitative estimate of drug-likeness (QED) is 0.686. The first-order chi connectivity index (χ1) is 7.00. The molecule has 0 fully saturated rings. The lowest BCUT2D eigenvalue weighted by Gasteiger charge is -2.38. The molecule has 0 aliphatic rings. The van der Waals surface area contributed by atoms with Crippen molar-refractivity contribution in [1.82, 2.24) is 10.6 Å². The van der Waals surface area contributed by atoms with Crippen molar-refractivity contribution in [2.24, 2.45) is 5.41 Å². The van der Waals surface area contributed by atoms with E-state index in [0.29, 0.717) is 0 Å². The number of carboxylic acids is 1. The van der Waals surface area contributed by atoms with E-state index in [1.54, 1.807) is 27.7 Å². The van der Waals surface area contributed by atoms with E-state index in [9.17, 15) is 9.59 Å². The first kappa shape index (κ1) is 14.7. The predicted octanol–water partition coefficient (Wildman–Crippen LogP) is 1.58. The molecule has 2 amide bonds. The van der Waals surface area contributed by atoms with E-state index in [0.717, 1.165) is 0 Å². The van der Waals surface area contributed by atoms with Crippen molar-refractivity contribution in [2.45, 2.75) is 53.1 Å². The number of aliphatic carboxylic acids is 1. The molecule has 5 heteroatoms. The third-order valence-corrected chi connectivity index (χ3v) is 2.94. The number of nitrogens with one attached hydrogen (secondary N) is 2. The molecule has 94 valence electrons. The van der Waals surface area contributed by atoms with Gasteiger partial charge in [0.05, 0.1) is 11.0 Å². The van der Waals surface area contributed by atoms with Crippen molar-refractivity contribution in [1.29, 1.82) is 0 Å². The predicted molar refractivity (Wildman–Crippen MR) is 62.3 cm³/mol. The van der Waals surface area contributed by atoms with E-state index in [2.05, 4.69) is 10.6 Å². The zero-order valence-corrected chi connectivity index (χ0v) is 10.8. The number of hydrogen-bond donors (Lipinski definition) is 3. The van der Waals surface area contributed by atoms with Crippen molar-refractivity contribution in [2.75, 3.05) is 0 Å². The zero-order chi connectivity index (χ0) is 13.1. The third-order valence-electron chi connectivity index (χ3n) is 2.94. The molecule has 0 aliphatic heterocycles. The van der Waals surface area contributed by atoms with Crippen molar-refractivity contribution < 1.29 is 14.7 Å². The van der Waals surface area contributed by atoms with Gasteiger partial charge in [-0.3, -0.25) is 4.79 Å². The smallest absolute Gasteiger partial charge is 0.315 e. The average Bonchev–Trinajstić information content (AvgIpc) is 1.99. The number of hydrogen-bond acceptors (Lipinski definition) is 2. The minimum atomic E-state index is -1.04. The molecule has 0 aromatic rings. The molecule has 0 atom stereocenters. The summed E-state index contributed by atoms with van der Waals surface area (Å²) in [6.07, 6.45) is 0. The number of carboxylic acid groups (broad SMARTS) is 1. The summed E-state index contributed by atoms with van der Waals surface area (Å²) in [4.78, 5) is 22.6. The summed E-state index contributed by atoms with van der Waals surface area (Å²) >= 11 is 0.